The number of esters is 1. The summed E-state index contributed by atoms with van der Waals surface area (Å²) >= 11 is 0. The monoisotopic (exact) mass is 414 g/mol. The average Bonchev–Trinajstić information content (AvgIpc) is 3.07. The number of benzene rings is 2. The van der Waals surface area contributed by atoms with E-state index in [0.717, 1.165) is 37.4 Å². The summed E-state index contributed by atoms with van der Waals surface area (Å²) in [6, 6.07) is 12.1. The Balaban J connectivity index is 1.37. The molecule has 2 aromatic rings. The van der Waals surface area contributed by atoms with E-state index in [9.17, 15) is 14.3 Å². The summed E-state index contributed by atoms with van der Waals surface area (Å²) in [7, 11) is 1.36. The fourth-order valence-electron chi connectivity index (χ4n) is 4.61. The van der Waals surface area contributed by atoms with E-state index in [1.807, 2.05) is 24.0 Å². The highest BCUT2D eigenvalue weighted by Gasteiger charge is 2.51. The van der Waals surface area contributed by atoms with Crippen LogP contribution in [0.15, 0.2) is 42.5 Å². The molecule has 6 nitrogen and oxygen atoms in total. The van der Waals surface area contributed by atoms with E-state index in [0.29, 0.717) is 24.3 Å². The molecule has 0 amide bonds. The molecule has 1 N–H and O–H groups in total. The quantitative estimate of drug-likeness (QED) is 0.734. The zero-order valence-corrected chi connectivity index (χ0v) is 17.3. The van der Waals surface area contributed by atoms with Crippen LogP contribution in [0.5, 0.6) is 5.75 Å². The van der Waals surface area contributed by atoms with Gasteiger partial charge < -0.3 is 19.5 Å². The Bertz CT molecular complexity index is 912. The number of hydrogen-bond donors (Lipinski definition) is 1. The van der Waals surface area contributed by atoms with E-state index in [1.165, 1.54) is 13.2 Å². The van der Waals surface area contributed by atoms with Gasteiger partial charge in [0.05, 0.1) is 19.3 Å². The fourth-order valence-corrected chi connectivity index (χ4v) is 4.61. The molecule has 1 spiro atoms. The molecule has 1 atom stereocenters. The van der Waals surface area contributed by atoms with Crippen molar-refractivity contribution < 1.29 is 23.8 Å². The molecule has 0 bridgehead atoms. The lowest BCUT2D eigenvalue weighted by molar-refractivity contribution is -0.000979. The van der Waals surface area contributed by atoms with E-state index in [1.54, 1.807) is 24.3 Å². The topological polar surface area (TPSA) is 62.2 Å². The Morgan fingerprint density at radius 1 is 1.20 bits per heavy atom. The van der Waals surface area contributed by atoms with Crippen LogP contribution in [0, 0.1) is 11.2 Å². The van der Waals surface area contributed by atoms with Crippen molar-refractivity contribution in [2.24, 2.45) is 5.41 Å². The third kappa shape index (κ3) is 4.00. The number of aliphatic hydroxyl groups is 1. The Morgan fingerprint density at radius 2 is 1.93 bits per heavy atom. The number of likely N-dealkylation sites (tertiary alicyclic amines) is 1. The molecule has 2 saturated heterocycles. The average molecular weight is 414 g/mol. The first kappa shape index (κ1) is 20.6. The molecule has 30 heavy (non-hydrogen) atoms. The van der Waals surface area contributed by atoms with Gasteiger partial charge in [-0.1, -0.05) is 6.07 Å². The minimum Gasteiger partial charge on any atom is -0.491 e. The molecule has 160 valence electrons. The number of rotatable bonds is 6. The van der Waals surface area contributed by atoms with Crippen molar-refractivity contribution in [2.45, 2.75) is 26.1 Å². The number of methoxy groups -OCH3 is 1. The largest absolute Gasteiger partial charge is 0.491 e. The van der Waals surface area contributed by atoms with Crippen LogP contribution in [-0.4, -0.2) is 55.6 Å². The highest BCUT2D eigenvalue weighted by molar-refractivity contribution is 5.89. The van der Waals surface area contributed by atoms with E-state index in [-0.39, 0.29) is 17.2 Å². The summed E-state index contributed by atoms with van der Waals surface area (Å²) in [5.41, 5.74) is 2.45. The van der Waals surface area contributed by atoms with Gasteiger partial charge >= 0.3 is 5.97 Å². The van der Waals surface area contributed by atoms with Gasteiger partial charge in [-0.15, -0.1) is 0 Å². The molecule has 2 heterocycles. The first-order valence-electron chi connectivity index (χ1n) is 10.2. The van der Waals surface area contributed by atoms with Crippen molar-refractivity contribution in [3.05, 3.63) is 59.4 Å². The number of nitrogens with zero attached hydrogens (tertiary/aromatic N) is 2. The normalized spacial score (nSPS) is 20.3. The van der Waals surface area contributed by atoms with Crippen molar-refractivity contribution in [3.8, 4) is 5.75 Å². The molecule has 0 aliphatic carbocycles. The number of ether oxygens (including phenoxy) is 2. The Hall–Kier alpha value is -2.64. The maximum atomic E-state index is 13.8. The standard InChI is InChI=1S/C23H27FN2O4/c1-3-30-20-10-16(4-9-19(20)24)12-25-13-23(14-25)11-21(27)26(15-23)18-7-5-17(6-8-18)22(28)29-2/h4-10,21,27H,3,11-15H2,1-2H3. The number of hydrogen-bond acceptors (Lipinski definition) is 6. The van der Waals surface area contributed by atoms with Gasteiger partial charge in [0.25, 0.3) is 0 Å². The molecule has 2 aliphatic heterocycles. The van der Waals surface area contributed by atoms with Gasteiger partial charge in [-0.3, -0.25) is 4.90 Å². The molecular formula is C23H27FN2O4. The summed E-state index contributed by atoms with van der Waals surface area (Å²) in [5, 5.41) is 10.6. The predicted molar refractivity (Wildman–Crippen MR) is 111 cm³/mol. The van der Waals surface area contributed by atoms with Crippen LogP contribution in [-0.2, 0) is 11.3 Å². The molecule has 2 fully saturated rings. The predicted octanol–water partition coefficient (Wildman–Crippen LogP) is 3.04. The zero-order chi connectivity index (χ0) is 21.3. The minimum atomic E-state index is -0.550. The van der Waals surface area contributed by atoms with Gasteiger partial charge in [0.15, 0.2) is 11.6 Å². The molecule has 7 heteroatoms. The third-order valence-corrected chi connectivity index (χ3v) is 5.92. The van der Waals surface area contributed by atoms with Gasteiger partial charge in [0.2, 0.25) is 0 Å². The molecule has 0 saturated carbocycles. The van der Waals surface area contributed by atoms with Crippen molar-refractivity contribution >= 4 is 11.7 Å². The highest BCUT2D eigenvalue weighted by atomic mass is 19.1. The van der Waals surface area contributed by atoms with Crippen LogP contribution >= 0.6 is 0 Å². The summed E-state index contributed by atoms with van der Waals surface area (Å²) in [6.45, 7) is 5.51. The van der Waals surface area contributed by atoms with Crippen LogP contribution < -0.4 is 9.64 Å². The summed E-state index contributed by atoms with van der Waals surface area (Å²) in [4.78, 5) is 15.9. The number of halogens is 1. The molecule has 2 aliphatic rings. The van der Waals surface area contributed by atoms with Gasteiger partial charge in [-0.2, -0.15) is 0 Å². The first-order chi connectivity index (χ1) is 14.4. The fraction of sp³-hybridized carbons (Fsp3) is 0.435. The van der Waals surface area contributed by atoms with Gasteiger partial charge in [-0.05, 0) is 48.9 Å². The summed E-state index contributed by atoms with van der Waals surface area (Å²) in [5.74, 6) is -0.417. The van der Waals surface area contributed by atoms with Gasteiger partial charge in [0.1, 0.15) is 6.23 Å². The SMILES string of the molecule is CCOc1cc(CN2CC3(CC(O)N(c4ccc(C(=O)OC)cc4)C3)C2)ccc1F. The van der Waals surface area contributed by atoms with Crippen molar-refractivity contribution in [1.29, 1.82) is 0 Å². The second-order valence-electron chi connectivity index (χ2n) is 8.19. The third-order valence-electron chi connectivity index (χ3n) is 5.92. The highest BCUT2D eigenvalue weighted by Crippen LogP contribution is 2.44. The van der Waals surface area contributed by atoms with Gasteiger partial charge in [0, 0.05) is 43.7 Å². The van der Waals surface area contributed by atoms with Crippen LogP contribution in [0.3, 0.4) is 0 Å². The Kier molecular flexibility index (Phi) is 5.66. The second kappa shape index (κ2) is 8.24. The summed E-state index contributed by atoms with van der Waals surface area (Å²) in [6.07, 6.45) is 0.155. The van der Waals surface area contributed by atoms with E-state index in [2.05, 4.69) is 4.90 Å². The molecule has 0 aromatic heterocycles. The van der Waals surface area contributed by atoms with E-state index < -0.39 is 6.23 Å². The summed E-state index contributed by atoms with van der Waals surface area (Å²) < 4.78 is 23.9. The molecule has 0 radical (unpaired) electrons. The molecule has 4 rings (SSSR count). The van der Waals surface area contributed by atoms with Crippen molar-refractivity contribution in [3.63, 3.8) is 0 Å². The number of carbonyl (C=O) groups excluding carboxylic acids is 1. The van der Waals surface area contributed by atoms with Crippen molar-refractivity contribution in [1.82, 2.24) is 4.90 Å². The van der Waals surface area contributed by atoms with Crippen LogP contribution in [0.2, 0.25) is 0 Å². The zero-order valence-electron chi connectivity index (χ0n) is 17.3. The van der Waals surface area contributed by atoms with E-state index >= 15 is 0 Å². The van der Waals surface area contributed by atoms with Gasteiger partial charge in [-0.25, -0.2) is 9.18 Å². The number of carbonyl (C=O) groups is 1. The van der Waals surface area contributed by atoms with E-state index in [4.69, 9.17) is 9.47 Å². The lowest BCUT2D eigenvalue weighted by Crippen LogP contribution is -2.56. The molecule has 2 aromatic carbocycles. The molecule has 1 unspecified atom stereocenters. The Labute approximate surface area is 175 Å². The lowest BCUT2D eigenvalue weighted by Gasteiger charge is -2.48. The lowest BCUT2D eigenvalue weighted by atomic mass is 9.78. The van der Waals surface area contributed by atoms with Crippen LogP contribution in [0.4, 0.5) is 10.1 Å². The van der Waals surface area contributed by atoms with Crippen molar-refractivity contribution in [2.75, 3.05) is 38.3 Å². The number of aliphatic hydroxyl groups excluding tert-OH is 1. The maximum absolute atomic E-state index is 13.8. The Morgan fingerprint density at radius 3 is 2.60 bits per heavy atom. The van der Waals surface area contributed by atoms with Crippen LogP contribution in [0.25, 0.3) is 0 Å². The molecular weight excluding hydrogens is 387 g/mol. The maximum Gasteiger partial charge on any atom is 0.337 e. The smallest absolute Gasteiger partial charge is 0.337 e. The second-order valence-corrected chi connectivity index (χ2v) is 8.19. The van der Waals surface area contributed by atoms with Crippen LogP contribution in [0.1, 0.15) is 29.3 Å². The first-order valence-corrected chi connectivity index (χ1v) is 10.2. The number of anilines is 1. The minimum absolute atomic E-state index is 0.0449.